The molecule has 7 heteroatoms. The second-order valence-electron chi connectivity index (χ2n) is 7.64. The van der Waals surface area contributed by atoms with Crippen LogP contribution in [-0.4, -0.2) is 55.6 Å². The second kappa shape index (κ2) is 10.00. The summed E-state index contributed by atoms with van der Waals surface area (Å²) in [5.74, 6) is 1.32. The number of pyridine rings is 1. The summed E-state index contributed by atoms with van der Waals surface area (Å²) in [4.78, 5) is 15.8. The molecule has 1 aromatic carbocycles. The summed E-state index contributed by atoms with van der Waals surface area (Å²) in [7, 11) is 4.83. The summed E-state index contributed by atoms with van der Waals surface area (Å²) < 4.78 is 17.9. The Bertz CT molecular complexity index is 919. The molecule has 1 fully saturated rings. The van der Waals surface area contributed by atoms with Gasteiger partial charge in [0.05, 0.1) is 32.4 Å². The Kier molecular flexibility index (Phi) is 7.39. The maximum atomic E-state index is 13.6. The summed E-state index contributed by atoms with van der Waals surface area (Å²) in [5.41, 5.74) is 1.73. The van der Waals surface area contributed by atoms with E-state index in [-0.39, 0.29) is 11.3 Å². The molecule has 2 aromatic rings. The quantitative estimate of drug-likeness (QED) is 0.713. The van der Waals surface area contributed by atoms with Gasteiger partial charge < -0.3 is 23.9 Å². The number of nitrogens with zero attached hydrogens (tertiary/aromatic N) is 2. The molecule has 1 saturated heterocycles. The molecule has 0 bridgehead atoms. The average Bonchev–Trinajstić information content (AvgIpc) is 2.76. The van der Waals surface area contributed by atoms with Gasteiger partial charge in [-0.05, 0) is 51.1 Å². The number of piperidine rings is 1. The van der Waals surface area contributed by atoms with Gasteiger partial charge in [0, 0.05) is 31.0 Å². The Hall–Kier alpha value is -2.51. The average molecular weight is 417 g/mol. The number of rotatable bonds is 8. The maximum Gasteiger partial charge on any atom is 0.259 e. The number of likely N-dealkylation sites (tertiary alicyclic amines) is 1. The molecule has 0 unspecified atom stereocenters. The first kappa shape index (κ1) is 22.2. The molecular weight excluding hydrogens is 384 g/mol. The lowest BCUT2D eigenvalue weighted by Crippen LogP contribution is -2.39. The minimum atomic E-state index is -0.409. The van der Waals surface area contributed by atoms with Crippen LogP contribution in [0, 0.1) is 6.92 Å². The summed E-state index contributed by atoms with van der Waals surface area (Å²) in [6.45, 7) is 4.38. The number of hydrogen-bond acceptors (Lipinski definition) is 6. The minimum absolute atomic E-state index is 0.0135. The Balaban J connectivity index is 2.21. The van der Waals surface area contributed by atoms with Crippen molar-refractivity contribution >= 4 is 0 Å². The predicted molar refractivity (Wildman–Crippen MR) is 116 cm³/mol. The number of ether oxygens (including phenoxy) is 3. The lowest BCUT2D eigenvalue weighted by Gasteiger charge is -2.36. The van der Waals surface area contributed by atoms with Crippen LogP contribution in [0.1, 0.15) is 42.1 Å². The molecule has 7 nitrogen and oxygen atoms in total. The van der Waals surface area contributed by atoms with Crippen molar-refractivity contribution in [3.8, 4) is 17.2 Å². The number of benzene rings is 1. The third-order valence-electron chi connectivity index (χ3n) is 5.81. The fraction of sp³-hybridized carbons (Fsp3) is 0.522. The van der Waals surface area contributed by atoms with Crippen LogP contribution in [0.5, 0.6) is 17.2 Å². The van der Waals surface area contributed by atoms with Crippen LogP contribution >= 0.6 is 0 Å². The van der Waals surface area contributed by atoms with E-state index in [1.54, 1.807) is 32.0 Å². The van der Waals surface area contributed by atoms with E-state index in [0.717, 1.165) is 31.5 Å². The van der Waals surface area contributed by atoms with Gasteiger partial charge in [0.1, 0.15) is 17.2 Å². The van der Waals surface area contributed by atoms with Crippen molar-refractivity contribution in [1.29, 1.82) is 0 Å². The van der Waals surface area contributed by atoms with E-state index in [4.69, 9.17) is 14.2 Å². The van der Waals surface area contributed by atoms with Crippen molar-refractivity contribution in [2.45, 2.75) is 38.8 Å². The van der Waals surface area contributed by atoms with Crippen LogP contribution in [0.25, 0.3) is 0 Å². The monoisotopic (exact) mass is 416 g/mol. The first-order valence-electron chi connectivity index (χ1n) is 10.4. The normalized spacial score (nSPS) is 15.7. The number of aromatic nitrogens is 1. The molecule has 0 radical (unpaired) electrons. The molecule has 1 atom stereocenters. The highest BCUT2D eigenvalue weighted by Crippen LogP contribution is 2.39. The van der Waals surface area contributed by atoms with Crippen molar-refractivity contribution < 1.29 is 19.3 Å². The first-order chi connectivity index (χ1) is 14.5. The number of aryl methyl sites for hydroxylation is 1. The van der Waals surface area contributed by atoms with Gasteiger partial charge >= 0.3 is 0 Å². The standard InChI is InChI=1S/C23H32N2O5/c1-16-14-19(26)21(23(27)25(16)12-13-28-2)22(24-10-6-5-7-11-24)18-9-8-17(29-3)15-20(18)30-4/h8-9,14-15,22,26H,5-7,10-13H2,1-4H3/t22-/m1/s1. The second-order valence-corrected chi connectivity index (χ2v) is 7.64. The highest BCUT2D eigenvalue weighted by molar-refractivity contribution is 5.49. The first-order valence-corrected chi connectivity index (χ1v) is 10.4. The van der Waals surface area contributed by atoms with Crippen LogP contribution in [0.4, 0.5) is 0 Å². The van der Waals surface area contributed by atoms with E-state index in [1.165, 1.54) is 6.42 Å². The lowest BCUT2D eigenvalue weighted by atomic mass is 9.93. The Morgan fingerprint density at radius 2 is 1.80 bits per heavy atom. The van der Waals surface area contributed by atoms with E-state index < -0.39 is 6.04 Å². The number of methoxy groups -OCH3 is 3. The fourth-order valence-electron chi connectivity index (χ4n) is 4.24. The van der Waals surface area contributed by atoms with E-state index in [0.29, 0.717) is 35.9 Å². The fourth-order valence-corrected chi connectivity index (χ4v) is 4.24. The summed E-state index contributed by atoms with van der Waals surface area (Å²) >= 11 is 0. The number of aromatic hydroxyl groups is 1. The molecule has 1 aliphatic heterocycles. The summed E-state index contributed by atoms with van der Waals surface area (Å²) in [6.07, 6.45) is 3.28. The van der Waals surface area contributed by atoms with Crippen molar-refractivity contribution in [1.82, 2.24) is 9.47 Å². The van der Waals surface area contributed by atoms with E-state index in [9.17, 15) is 9.90 Å². The smallest absolute Gasteiger partial charge is 0.259 e. The van der Waals surface area contributed by atoms with Gasteiger partial charge in [0.2, 0.25) is 0 Å². The zero-order valence-electron chi connectivity index (χ0n) is 18.3. The zero-order valence-corrected chi connectivity index (χ0v) is 18.3. The third-order valence-corrected chi connectivity index (χ3v) is 5.81. The molecule has 1 aliphatic rings. The molecule has 30 heavy (non-hydrogen) atoms. The van der Waals surface area contributed by atoms with Crippen molar-refractivity contribution in [3.05, 3.63) is 51.4 Å². The molecule has 0 saturated carbocycles. The van der Waals surface area contributed by atoms with E-state index in [2.05, 4.69) is 4.90 Å². The SMILES string of the molecule is COCCn1c(C)cc(O)c([C@@H](c2ccc(OC)cc2OC)N2CCCCC2)c1=O. The van der Waals surface area contributed by atoms with Gasteiger partial charge in [-0.3, -0.25) is 9.69 Å². The molecule has 0 spiro atoms. The van der Waals surface area contributed by atoms with E-state index >= 15 is 0 Å². The van der Waals surface area contributed by atoms with Crippen LogP contribution < -0.4 is 15.0 Å². The van der Waals surface area contributed by atoms with Crippen LogP contribution in [0.2, 0.25) is 0 Å². The molecule has 2 heterocycles. The number of hydrogen-bond donors (Lipinski definition) is 1. The highest BCUT2D eigenvalue weighted by atomic mass is 16.5. The van der Waals surface area contributed by atoms with Crippen LogP contribution in [-0.2, 0) is 11.3 Å². The van der Waals surface area contributed by atoms with Gasteiger partial charge in [0.15, 0.2) is 0 Å². The molecule has 0 amide bonds. The Morgan fingerprint density at radius 1 is 1.07 bits per heavy atom. The van der Waals surface area contributed by atoms with Crippen LogP contribution in [0.15, 0.2) is 29.1 Å². The lowest BCUT2D eigenvalue weighted by molar-refractivity contribution is 0.176. The van der Waals surface area contributed by atoms with E-state index in [1.807, 2.05) is 25.1 Å². The molecular formula is C23H32N2O5. The van der Waals surface area contributed by atoms with Gasteiger partial charge in [-0.15, -0.1) is 0 Å². The molecule has 0 aliphatic carbocycles. The van der Waals surface area contributed by atoms with Gasteiger partial charge in [-0.2, -0.15) is 0 Å². The van der Waals surface area contributed by atoms with Crippen LogP contribution in [0.3, 0.4) is 0 Å². The maximum absolute atomic E-state index is 13.6. The molecule has 164 valence electrons. The van der Waals surface area contributed by atoms with Crippen molar-refractivity contribution in [2.24, 2.45) is 0 Å². The van der Waals surface area contributed by atoms with Crippen molar-refractivity contribution in [2.75, 3.05) is 41.0 Å². The van der Waals surface area contributed by atoms with Gasteiger partial charge in [-0.1, -0.05) is 6.42 Å². The minimum Gasteiger partial charge on any atom is -0.507 e. The molecule has 1 aromatic heterocycles. The topological polar surface area (TPSA) is 73.2 Å². The van der Waals surface area contributed by atoms with Crippen molar-refractivity contribution in [3.63, 3.8) is 0 Å². The molecule has 3 rings (SSSR count). The summed E-state index contributed by atoms with van der Waals surface area (Å²) in [6, 6.07) is 6.87. The summed E-state index contributed by atoms with van der Waals surface area (Å²) in [5, 5.41) is 10.9. The zero-order chi connectivity index (χ0) is 21.7. The Labute approximate surface area is 177 Å². The van der Waals surface area contributed by atoms with Gasteiger partial charge in [-0.25, -0.2) is 0 Å². The highest BCUT2D eigenvalue weighted by Gasteiger charge is 2.32. The predicted octanol–water partition coefficient (Wildman–Crippen LogP) is 3.10. The molecule has 1 N–H and O–H groups in total. The van der Waals surface area contributed by atoms with Gasteiger partial charge in [0.25, 0.3) is 5.56 Å². The largest absolute Gasteiger partial charge is 0.507 e. The third kappa shape index (κ3) is 4.47. The Morgan fingerprint density at radius 3 is 2.43 bits per heavy atom.